The van der Waals surface area contributed by atoms with Gasteiger partial charge < -0.3 is 14.8 Å². The number of ether oxygens (including phenoxy) is 2. The molecule has 3 rings (SSSR count). The maximum absolute atomic E-state index is 13.3. The van der Waals surface area contributed by atoms with Gasteiger partial charge in [0, 0.05) is 16.4 Å². The monoisotopic (exact) mass is 492 g/mol. The van der Waals surface area contributed by atoms with Crippen LogP contribution in [0.4, 0.5) is 0 Å². The lowest BCUT2D eigenvalue weighted by Gasteiger charge is -2.30. The van der Waals surface area contributed by atoms with E-state index in [2.05, 4.69) is 17.4 Å². The van der Waals surface area contributed by atoms with Crippen LogP contribution in [-0.2, 0) is 25.5 Å². The summed E-state index contributed by atoms with van der Waals surface area (Å²) in [6, 6.07) is 19.2. The normalized spacial score (nSPS) is 15.3. The van der Waals surface area contributed by atoms with E-state index in [0.29, 0.717) is 33.1 Å². The van der Waals surface area contributed by atoms with Crippen molar-refractivity contribution in [3.05, 3.63) is 93.3 Å². The van der Waals surface area contributed by atoms with E-state index in [4.69, 9.17) is 26.3 Å². The van der Waals surface area contributed by atoms with Gasteiger partial charge in [0.1, 0.15) is 6.61 Å². The molecule has 1 atom stereocenters. The van der Waals surface area contributed by atoms with Crippen molar-refractivity contribution in [1.29, 1.82) is 5.26 Å². The Bertz CT molecular complexity index is 1160. The first-order valence-corrected chi connectivity index (χ1v) is 12.0. The fourth-order valence-corrected chi connectivity index (χ4v) is 4.34. The van der Waals surface area contributed by atoms with Crippen molar-refractivity contribution in [3.8, 4) is 6.07 Å². The van der Waals surface area contributed by atoms with E-state index in [1.165, 1.54) is 5.56 Å². The van der Waals surface area contributed by atoms with Gasteiger partial charge in [-0.25, -0.2) is 9.59 Å². The summed E-state index contributed by atoms with van der Waals surface area (Å²) in [5.74, 6) is -1.79. The second-order valence-corrected chi connectivity index (χ2v) is 8.75. The number of nitriles is 1. The van der Waals surface area contributed by atoms with E-state index in [0.717, 1.165) is 19.3 Å². The van der Waals surface area contributed by atoms with Crippen LogP contribution < -0.4 is 5.32 Å². The molecule has 0 radical (unpaired) electrons. The van der Waals surface area contributed by atoms with Crippen LogP contribution in [0.1, 0.15) is 50.2 Å². The molecule has 0 amide bonds. The quantitative estimate of drug-likeness (QED) is 0.343. The second kappa shape index (κ2) is 12.8. The average Bonchev–Trinajstić information content (AvgIpc) is 2.84. The number of nitrogens with one attached hydrogen (secondary N) is 1. The number of hydrogen-bond acceptors (Lipinski definition) is 6. The maximum Gasteiger partial charge on any atom is 0.336 e. The Morgan fingerprint density at radius 3 is 2.23 bits per heavy atom. The summed E-state index contributed by atoms with van der Waals surface area (Å²) in [6.45, 7) is 3.78. The smallest absolute Gasteiger partial charge is 0.336 e. The third-order valence-corrected chi connectivity index (χ3v) is 6.00. The number of carbonyl (C=O) groups is 2. The average molecular weight is 493 g/mol. The van der Waals surface area contributed by atoms with Gasteiger partial charge in [-0.3, -0.25) is 0 Å². The zero-order valence-electron chi connectivity index (χ0n) is 20.0. The number of carbonyl (C=O) groups excluding carboxylic acids is 2. The molecule has 0 saturated carbocycles. The van der Waals surface area contributed by atoms with E-state index in [9.17, 15) is 9.59 Å². The van der Waals surface area contributed by atoms with E-state index in [-0.39, 0.29) is 19.6 Å². The van der Waals surface area contributed by atoms with Crippen LogP contribution in [0.5, 0.6) is 0 Å². The van der Waals surface area contributed by atoms with Crippen LogP contribution >= 0.6 is 11.6 Å². The number of allylic oxidation sites excluding steroid dienone is 2. The minimum absolute atomic E-state index is 0.0295. The first-order chi connectivity index (χ1) is 16.9. The molecule has 0 fully saturated rings. The number of nitrogens with zero attached hydrogens (tertiary/aromatic N) is 1. The number of halogens is 1. The molecule has 7 heteroatoms. The number of esters is 2. The molecule has 2 aromatic rings. The molecule has 1 heterocycles. The third kappa shape index (κ3) is 6.97. The van der Waals surface area contributed by atoms with Gasteiger partial charge >= 0.3 is 11.9 Å². The summed E-state index contributed by atoms with van der Waals surface area (Å²) >= 11 is 6.25. The number of unbranched alkanes of at least 4 members (excludes halogenated alkanes) is 1. The number of rotatable bonds is 10. The Balaban J connectivity index is 1.78. The molecule has 0 saturated heterocycles. The highest BCUT2D eigenvalue weighted by atomic mass is 35.5. The largest absolute Gasteiger partial charge is 0.462 e. The molecule has 182 valence electrons. The molecule has 1 aliphatic heterocycles. The van der Waals surface area contributed by atoms with E-state index < -0.39 is 17.9 Å². The zero-order chi connectivity index (χ0) is 25.2. The predicted molar refractivity (Wildman–Crippen MR) is 134 cm³/mol. The van der Waals surface area contributed by atoms with Crippen molar-refractivity contribution in [2.45, 2.75) is 45.4 Å². The molecule has 1 N–H and O–H groups in total. The summed E-state index contributed by atoms with van der Waals surface area (Å²) in [7, 11) is 0. The van der Waals surface area contributed by atoms with Gasteiger partial charge in [0.2, 0.25) is 0 Å². The van der Waals surface area contributed by atoms with Gasteiger partial charge in [0.25, 0.3) is 0 Å². The summed E-state index contributed by atoms with van der Waals surface area (Å²) < 4.78 is 11.0. The number of dihydropyridines is 1. The third-order valence-electron chi connectivity index (χ3n) is 5.76. The second-order valence-electron chi connectivity index (χ2n) is 8.31. The molecule has 2 aromatic carbocycles. The van der Waals surface area contributed by atoms with E-state index >= 15 is 0 Å². The number of hydrogen-bond donors (Lipinski definition) is 1. The SMILES string of the molecule is CC1=C(C(=O)OCCC#N)C(c2cccc(Cl)c2)C(C(=O)OCCCCc2ccccc2)=C(C)N1. The lowest BCUT2D eigenvalue weighted by molar-refractivity contribution is -0.140. The van der Waals surface area contributed by atoms with Gasteiger partial charge in [-0.15, -0.1) is 0 Å². The van der Waals surface area contributed by atoms with Crippen LogP contribution in [0.2, 0.25) is 5.02 Å². The zero-order valence-corrected chi connectivity index (χ0v) is 20.7. The first-order valence-electron chi connectivity index (χ1n) is 11.6. The van der Waals surface area contributed by atoms with Crippen molar-refractivity contribution in [1.82, 2.24) is 5.32 Å². The minimum Gasteiger partial charge on any atom is -0.462 e. The maximum atomic E-state index is 13.3. The summed E-state index contributed by atoms with van der Waals surface area (Å²) in [6.07, 6.45) is 2.61. The summed E-state index contributed by atoms with van der Waals surface area (Å²) in [5, 5.41) is 12.4. The Morgan fingerprint density at radius 1 is 0.943 bits per heavy atom. The predicted octanol–water partition coefficient (Wildman–Crippen LogP) is 5.60. The topological polar surface area (TPSA) is 88.4 Å². The molecule has 0 bridgehead atoms. The van der Waals surface area contributed by atoms with Gasteiger partial charge in [-0.05, 0) is 56.4 Å². The Morgan fingerprint density at radius 2 is 1.60 bits per heavy atom. The van der Waals surface area contributed by atoms with E-state index in [1.807, 2.05) is 30.3 Å². The van der Waals surface area contributed by atoms with Gasteiger partial charge in [0.15, 0.2) is 0 Å². The molecule has 0 aromatic heterocycles. The minimum atomic E-state index is -0.707. The van der Waals surface area contributed by atoms with Crippen molar-refractivity contribution in [2.24, 2.45) is 0 Å². The van der Waals surface area contributed by atoms with Crippen LogP contribution in [0.3, 0.4) is 0 Å². The molecule has 35 heavy (non-hydrogen) atoms. The molecular formula is C28H29ClN2O4. The van der Waals surface area contributed by atoms with Crippen LogP contribution in [0.25, 0.3) is 0 Å². The van der Waals surface area contributed by atoms with Gasteiger partial charge in [-0.1, -0.05) is 54.1 Å². The number of aryl methyl sites for hydroxylation is 1. The molecule has 1 unspecified atom stereocenters. The molecule has 0 aliphatic carbocycles. The van der Waals surface area contributed by atoms with Crippen LogP contribution in [-0.4, -0.2) is 25.2 Å². The summed E-state index contributed by atoms with van der Waals surface area (Å²) in [5.41, 5.74) is 3.75. The van der Waals surface area contributed by atoms with Crippen LogP contribution in [0.15, 0.2) is 77.1 Å². The highest BCUT2D eigenvalue weighted by molar-refractivity contribution is 6.30. The first kappa shape index (κ1) is 26.1. The molecule has 0 spiro atoms. The highest BCUT2D eigenvalue weighted by Gasteiger charge is 2.38. The van der Waals surface area contributed by atoms with Crippen molar-refractivity contribution < 1.29 is 19.1 Å². The molecule has 1 aliphatic rings. The lowest BCUT2D eigenvalue weighted by atomic mass is 9.80. The fraction of sp³-hybridized carbons (Fsp3) is 0.321. The molecular weight excluding hydrogens is 464 g/mol. The van der Waals surface area contributed by atoms with Crippen molar-refractivity contribution >= 4 is 23.5 Å². The lowest BCUT2D eigenvalue weighted by Crippen LogP contribution is -2.32. The van der Waals surface area contributed by atoms with Gasteiger partial charge in [0.05, 0.1) is 36.2 Å². The molecule has 6 nitrogen and oxygen atoms in total. The highest BCUT2D eigenvalue weighted by Crippen LogP contribution is 2.40. The summed E-state index contributed by atoms with van der Waals surface area (Å²) in [4.78, 5) is 26.3. The van der Waals surface area contributed by atoms with Gasteiger partial charge in [-0.2, -0.15) is 5.26 Å². The standard InChI is InChI=1S/C28H29ClN2O4/c1-19-24(27(32)34-16-7-6-12-21-10-4-3-5-11-21)26(22-13-8-14-23(29)18-22)25(20(2)31-19)28(33)35-17-9-15-30/h3-5,8,10-11,13-14,18,26,31H,6-7,9,12,16-17H2,1-2H3. The van der Waals surface area contributed by atoms with E-state index in [1.54, 1.807) is 32.0 Å². The Kier molecular flexibility index (Phi) is 9.51. The number of benzene rings is 2. The van der Waals surface area contributed by atoms with Crippen molar-refractivity contribution in [3.63, 3.8) is 0 Å². The van der Waals surface area contributed by atoms with Crippen LogP contribution in [0, 0.1) is 11.3 Å². The Labute approximate surface area is 211 Å². The Hall–Kier alpha value is -3.56. The fourth-order valence-electron chi connectivity index (χ4n) is 4.14. The van der Waals surface area contributed by atoms with Crippen molar-refractivity contribution in [2.75, 3.05) is 13.2 Å².